The van der Waals surface area contributed by atoms with E-state index in [2.05, 4.69) is 10.3 Å². The van der Waals surface area contributed by atoms with E-state index in [1.807, 2.05) is 0 Å². The van der Waals surface area contributed by atoms with Gasteiger partial charge in [-0.1, -0.05) is 0 Å². The molecule has 0 aliphatic carbocycles. The highest BCUT2D eigenvalue weighted by Crippen LogP contribution is 2.07. The van der Waals surface area contributed by atoms with Gasteiger partial charge in [-0.05, 0) is 6.07 Å². The van der Waals surface area contributed by atoms with Crippen LogP contribution in [-0.4, -0.2) is 40.4 Å². The number of amides is 1. The summed E-state index contributed by atoms with van der Waals surface area (Å²) < 4.78 is 0. The number of hydrogen-bond donors (Lipinski definition) is 4. The van der Waals surface area contributed by atoms with Crippen molar-refractivity contribution in [3.05, 3.63) is 24.0 Å². The maximum atomic E-state index is 11.5. The maximum Gasteiger partial charge on any atom is 0.253 e. The number of aliphatic hydroxyl groups excluding tert-OH is 2. The quantitative estimate of drug-likeness (QED) is 0.497. The van der Waals surface area contributed by atoms with Gasteiger partial charge in [0.2, 0.25) is 0 Å². The third-order valence-corrected chi connectivity index (χ3v) is 1.81. The first-order chi connectivity index (χ1) is 7.15. The number of nitrogens with two attached hydrogens (primary N) is 1. The molecule has 1 atom stereocenters. The van der Waals surface area contributed by atoms with Gasteiger partial charge in [0.25, 0.3) is 5.91 Å². The van der Waals surface area contributed by atoms with Crippen LogP contribution in [0.15, 0.2) is 18.5 Å². The second kappa shape index (κ2) is 5.28. The fourth-order valence-corrected chi connectivity index (χ4v) is 0.984. The summed E-state index contributed by atoms with van der Waals surface area (Å²) in [6.07, 6.45) is 1.86. The Kier molecular flexibility index (Phi) is 4.02. The summed E-state index contributed by atoms with van der Waals surface area (Å²) in [6.45, 7) is -0.413. The van der Waals surface area contributed by atoms with Crippen LogP contribution in [0.1, 0.15) is 10.4 Å². The topological polar surface area (TPSA) is 108 Å². The van der Waals surface area contributed by atoms with Gasteiger partial charge in [0.1, 0.15) is 0 Å². The fourth-order valence-electron chi connectivity index (χ4n) is 0.984. The number of pyridine rings is 1. The highest BCUT2D eigenvalue weighted by Gasteiger charge is 2.10. The van der Waals surface area contributed by atoms with Crippen molar-refractivity contribution < 1.29 is 15.0 Å². The van der Waals surface area contributed by atoms with Gasteiger partial charge in [0, 0.05) is 12.7 Å². The van der Waals surface area contributed by atoms with Crippen molar-refractivity contribution in [2.75, 3.05) is 18.9 Å². The lowest BCUT2D eigenvalue weighted by Crippen LogP contribution is -2.34. The Hall–Kier alpha value is -1.66. The van der Waals surface area contributed by atoms with Crippen molar-refractivity contribution in [2.45, 2.75) is 6.10 Å². The number of carbonyl (C=O) groups excluding carboxylic acids is 1. The van der Waals surface area contributed by atoms with Crippen LogP contribution in [-0.2, 0) is 0 Å². The first-order valence-corrected chi connectivity index (χ1v) is 4.41. The second-order valence-corrected chi connectivity index (χ2v) is 3.01. The second-order valence-electron chi connectivity index (χ2n) is 3.01. The molecule has 1 aromatic heterocycles. The number of rotatable bonds is 4. The minimum Gasteiger partial charge on any atom is -0.397 e. The molecule has 1 rings (SSSR count). The molecule has 1 unspecified atom stereocenters. The van der Waals surface area contributed by atoms with Crippen LogP contribution >= 0.6 is 0 Å². The van der Waals surface area contributed by atoms with E-state index in [4.69, 9.17) is 15.9 Å². The third-order valence-electron chi connectivity index (χ3n) is 1.81. The van der Waals surface area contributed by atoms with Crippen LogP contribution in [0.3, 0.4) is 0 Å². The number of nitrogens with one attached hydrogen (secondary N) is 1. The van der Waals surface area contributed by atoms with Crippen LogP contribution in [0, 0.1) is 0 Å². The van der Waals surface area contributed by atoms with Crippen molar-refractivity contribution in [1.82, 2.24) is 10.3 Å². The maximum absolute atomic E-state index is 11.5. The third kappa shape index (κ3) is 3.19. The summed E-state index contributed by atoms with van der Waals surface area (Å²) in [7, 11) is 0. The fraction of sp³-hybridized carbons (Fsp3) is 0.333. The molecule has 0 aromatic carbocycles. The van der Waals surface area contributed by atoms with Gasteiger partial charge in [-0.15, -0.1) is 0 Å². The molecule has 0 aliphatic heterocycles. The van der Waals surface area contributed by atoms with Gasteiger partial charge in [-0.2, -0.15) is 0 Å². The molecule has 15 heavy (non-hydrogen) atoms. The number of nitrogens with zero attached hydrogens (tertiary/aromatic N) is 1. The van der Waals surface area contributed by atoms with Crippen molar-refractivity contribution in [3.8, 4) is 0 Å². The monoisotopic (exact) mass is 211 g/mol. The summed E-state index contributed by atoms with van der Waals surface area (Å²) in [5, 5.41) is 20.0. The normalized spacial score (nSPS) is 12.1. The van der Waals surface area contributed by atoms with Gasteiger partial charge in [0.05, 0.1) is 30.2 Å². The number of anilines is 1. The Morgan fingerprint density at radius 1 is 1.67 bits per heavy atom. The molecular weight excluding hydrogens is 198 g/mol. The van der Waals surface area contributed by atoms with Crippen molar-refractivity contribution in [2.24, 2.45) is 0 Å². The van der Waals surface area contributed by atoms with Crippen LogP contribution in [0.5, 0.6) is 0 Å². The minimum absolute atomic E-state index is 0.0168. The Labute approximate surface area is 86.8 Å². The number of carbonyl (C=O) groups is 1. The lowest BCUT2D eigenvalue weighted by atomic mass is 10.2. The largest absolute Gasteiger partial charge is 0.397 e. The van der Waals surface area contributed by atoms with Gasteiger partial charge >= 0.3 is 0 Å². The Morgan fingerprint density at radius 3 is 3.00 bits per heavy atom. The van der Waals surface area contributed by atoms with Gasteiger partial charge in [-0.3, -0.25) is 9.78 Å². The van der Waals surface area contributed by atoms with Crippen LogP contribution < -0.4 is 11.1 Å². The molecule has 0 saturated carbocycles. The Bertz CT molecular complexity index is 343. The lowest BCUT2D eigenvalue weighted by molar-refractivity contribution is 0.0802. The van der Waals surface area contributed by atoms with Crippen LogP contribution in [0.2, 0.25) is 0 Å². The van der Waals surface area contributed by atoms with E-state index >= 15 is 0 Å². The van der Waals surface area contributed by atoms with Gasteiger partial charge < -0.3 is 21.3 Å². The van der Waals surface area contributed by atoms with Crippen molar-refractivity contribution in [3.63, 3.8) is 0 Å². The predicted octanol–water partition coefficient (Wildman–Crippen LogP) is -1.25. The van der Waals surface area contributed by atoms with Crippen molar-refractivity contribution in [1.29, 1.82) is 0 Å². The van der Waals surface area contributed by atoms with E-state index in [1.165, 1.54) is 18.5 Å². The highest BCUT2D eigenvalue weighted by molar-refractivity contribution is 5.98. The Morgan fingerprint density at radius 2 is 2.40 bits per heavy atom. The summed E-state index contributed by atoms with van der Waals surface area (Å²) in [4.78, 5) is 15.2. The van der Waals surface area contributed by atoms with E-state index < -0.39 is 18.6 Å². The average Bonchev–Trinajstić information content (AvgIpc) is 2.26. The number of aliphatic hydroxyl groups is 2. The molecule has 0 radical (unpaired) electrons. The molecule has 6 heteroatoms. The SMILES string of the molecule is Nc1cnccc1C(=O)NCC(O)CO. The predicted molar refractivity (Wildman–Crippen MR) is 54.1 cm³/mol. The molecule has 0 saturated heterocycles. The highest BCUT2D eigenvalue weighted by atomic mass is 16.3. The van der Waals surface area contributed by atoms with E-state index in [0.29, 0.717) is 5.56 Å². The standard InChI is InChI=1S/C9H13N3O3/c10-8-4-11-2-1-7(8)9(15)12-3-6(14)5-13/h1-2,4,6,13-14H,3,5,10H2,(H,12,15). The van der Waals surface area contributed by atoms with E-state index in [-0.39, 0.29) is 12.2 Å². The summed E-state index contributed by atoms with van der Waals surface area (Å²) in [5.74, 6) is -0.401. The zero-order valence-electron chi connectivity index (χ0n) is 8.05. The molecular formula is C9H13N3O3. The molecule has 0 aliphatic rings. The molecule has 82 valence electrons. The van der Waals surface area contributed by atoms with Crippen LogP contribution in [0.4, 0.5) is 5.69 Å². The summed E-state index contributed by atoms with van der Waals surface area (Å²) in [6, 6.07) is 1.48. The number of hydrogen-bond acceptors (Lipinski definition) is 5. The minimum atomic E-state index is -0.961. The molecule has 1 heterocycles. The summed E-state index contributed by atoms with van der Waals surface area (Å²) in [5.41, 5.74) is 6.10. The first kappa shape index (κ1) is 11.4. The Balaban J connectivity index is 2.58. The average molecular weight is 211 g/mol. The van der Waals surface area contributed by atoms with Gasteiger partial charge in [-0.25, -0.2) is 0 Å². The van der Waals surface area contributed by atoms with E-state index in [9.17, 15) is 4.79 Å². The smallest absolute Gasteiger partial charge is 0.253 e. The first-order valence-electron chi connectivity index (χ1n) is 4.41. The molecule has 0 bridgehead atoms. The zero-order chi connectivity index (χ0) is 11.3. The number of nitrogen functional groups attached to an aromatic ring is 1. The number of aromatic nitrogens is 1. The molecule has 0 fully saturated rings. The van der Waals surface area contributed by atoms with Crippen molar-refractivity contribution >= 4 is 11.6 Å². The van der Waals surface area contributed by atoms with Crippen LogP contribution in [0.25, 0.3) is 0 Å². The molecule has 0 spiro atoms. The molecule has 5 N–H and O–H groups in total. The molecule has 6 nitrogen and oxygen atoms in total. The van der Waals surface area contributed by atoms with E-state index in [1.54, 1.807) is 0 Å². The lowest BCUT2D eigenvalue weighted by Gasteiger charge is -2.09. The summed E-state index contributed by atoms with van der Waals surface area (Å²) >= 11 is 0. The molecule has 1 amide bonds. The zero-order valence-corrected chi connectivity index (χ0v) is 8.05. The molecule has 1 aromatic rings. The van der Waals surface area contributed by atoms with E-state index in [0.717, 1.165) is 0 Å². The van der Waals surface area contributed by atoms with Gasteiger partial charge in [0.15, 0.2) is 0 Å².